The molecule has 194 valence electrons. The Kier molecular flexibility index (Phi) is 8.49. The molecule has 1 aromatic heterocycles. The first-order valence-corrected chi connectivity index (χ1v) is 13.3. The largest absolute Gasteiger partial charge is 0.445 e. The van der Waals surface area contributed by atoms with Crippen LogP contribution >= 0.6 is 0 Å². The molecule has 1 aromatic carbocycles. The highest BCUT2D eigenvalue weighted by molar-refractivity contribution is 5.87. The predicted octanol–water partition coefficient (Wildman–Crippen LogP) is 7.02. The number of amides is 2. The number of carbonyl (C=O) groups excluding carboxylic acids is 2. The number of ether oxygens (including phenoxy) is 2. The maximum Gasteiger partial charge on any atom is 0.416 e. The van der Waals surface area contributed by atoms with Gasteiger partial charge in [0.2, 0.25) is 0 Å². The summed E-state index contributed by atoms with van der Waals surface area (Å²) in [5.74, 6) is 0.605. The van der Waals surface area contributed by atoms with Crippen LogP contribution in [0.5, 0.6) is 0 Å². The number of benzene rings is 1. The van der Waals surface area contributed by atoms with Gasteiger partial charge in [0, 0.05) is 18.8 Å². The summed E-state index contributed by atoms with van der Waals surface area (Å²) in [7, 11) is 0. The van der Waals surface area contributed by atoms with Crippen LogP contribution in [-0.4, -0.2) is 40.3 Å². The highest BCUT2D eigenvalue weighted by Gasteiger charge is 2.33. The van der Waals surface area contributed by atoms with Gasteiger partial charge in [-0.3, -0.25) is 4.90 Å². The predicted molar refractivity (Wildman–Crippen MR) is 140 cm³/mol. The van der Waals surface area contributed by atoms with Crippen LogP contribution in [0.1, 0.15) is 89.3 Å². The lowest BCUT2D eigenvalue weighted by Crippen LogP contribution is -2.45. The molecule has 1 atom stereocenters. The molecule has 1 saturated heterocycles. The number of nitrogens with zero attached hydrogens (tertiary/aromatic N) is 3. The van der Waals surface area contributed by atoms with E-state index in [2.05, 4.69) is 0 Å². The number of pyridine rings is 1. The van der Waals surface area contributed by atoms with E-state index in [1.165, 1.54) is 6.42 Å². The van der Waals surface area contributed by atoms with Crippen LogP contribution in [0, 0.1) is 0 Å². The number of anilines is 1. The normalized spacial score (nSPS) is 19.0. The molecule has 0 bridgehead atoms. The van der Waals surface area contributed by atoms with Crippen molar-refractivity contribution in [2.45, 2.75) is 96.4 Å². The fraction of sp³-hybridized carbons (Fsp3) is 0.552. The number of aromatic nitrogens is 1. The highest BCUT2D eigenvalue weighted by atomic mass is 16.6. The van der Waals surface area contributed by atoms with E-state index < -0.39 is 5.60 Å². The second-order valence-corrected chi connectivity index (χ2v) is 10.8. The first-order chi connectivity index (χ1) is 17.3. The standard InChI is InChI=1S/C29H39N3O4/c1-29(2,3)36-28(34)32(24-14-8-5-9-15-24)26-18-17-23(20-30-26)25-16-10-11-19-31(25)27(33)35-21-22-12-6-4-7-13-22/h4,6-7,12-13,17-18,20,24-25H,5,8-11,14-16,19,21H2,1-3H3. The summed E-state index contributed by atoms with van der Waals surface area (Å²) in [6.07, 6.45) is 9.32. The molecule has 0 radical (unpaired) electrons. The summed E-state index contributed by atoms with van der Waals surface area (Å²) in [6.45, 7) is 6.57. The summed E-state index contributed by atoms with van der Waals surface area (Å²) in [5.41, 5.74) is 1.35. The van der Waals surface area contributed by atoms with Crippen LogP contribution in [-0.2, 0) is 16.1 Å². The van der Waals surface area contributed by atoms with E-state index in [1.807, 2.05) is 74.3 Å². The quantitative estimate of drug-likeness (QED) is 0.447. The zero-order chi connectivity index (χ0) is 25.5. The van der Waals surface area contributed by atoms with Gasteiger partial charge >= 0.3 is 12.2 Å². The second-order valence-electron chi connectivity index (χ2n) is 10.8. The molecule has 2 heterocycles. The smallest absolute Gasteiger partial charge is 0.416 e. The molecular weight excluding hydrogens is 454 g/mol. The van der Waals surface area contributed by atoms with Crippen molar-refractivity contribution in [2.24, 2.45) is 0 Å². The molecule has 4 rings (SSSR count). The van der Waals surface area contributed by atoms with Crippen molar-refractivity contribution < 1.29 is 19.1 Å². The molecule has 2 fully saturated rings. The molecule has 2 amide bonds. The Labute approximate surface area is 214 Å². The van der Waals surface area contributed by atoms with Gasteiger partial charge in [0.15, 0.2) is 0 Å². The number of hydrogen-bond acceptors (Lipinski definition) is 5. The Bertz CT molecular complexity index is 997. The van der Waals surface area contributed by atoms with Gasteiger partial charge in [-0.05, 0) is 70.1 Å². The summed E-state index contributed by atoms with van der Waals surface area (Å²) in [5, 5.41) is 0. The third-order valence-electron chi connectivity index (χ3n) is 6.87. The Morgan fingerprint density at radius 1 is 0.972 bits per heavy atom. The van der Waals surface area contributed by atoms with Crippen LogP contribution < -0.4 is 4.90 Å². The van der Waals surface area contributed by atoms with Gasteiger partial charge in [-0.1, -0.05) is 55.7 Å². The number of hydrogen-bond donors (Lipinski definition) is 0. The van der Waals surface area contributed by atoms with Gasteiger partial charge in [-0.25, -0.2) is 14.6 Å². The lowest BCUT2D eigenvalue weighted by Gasteiger charge is -2.36. The SMILES string of the molecule is CC(C)(C)OC(=O)N(c1ccc(C2CCCCN2C(=O)OCc2ccccc2)cn1)C1CCCCC1. The van der Waals surface area contributed by atoms with Crippen molar-refractivity contribution in [1.82, 2.24) is 9.88 Å². The molecule has 1 unspecified atom stereocenters. The fourth-order valence-electron chi connectivity index (χ4n) is 5.12. The van der Waals surface area contributed by atoms with Gasteiger partial charge in [-0.15, -0.1) is 0 Å². The topological polar surface area (TPSA) is 72.0 Å². The Morgan fingerprint density at radius 3 is 2.36 bits per heavy atom. The van der Waals surface area contributed by atoms with E-state index in [0.717, 1.165) is 56.1 Å². The van der Waals surface area contributed by atoms with Gasteiger partial charge in [0.05, 0.1) is 6.04 Å². The van der Waals surface area contributed by atoms with Crippen LogP contribution in [0.3, 0.4) is 0 Å². The van der Waals surface area contributed by atoms with Crippen LogP contribution in [0.4, 0.5) is 15.4 Å². The summed E-state index contributed by atoms with van der Waals surface area (Å²) < 4.78 is 11.4. The number of piperidine rings is 1. The van der Waals surface area contributed by atoms with E-state index in [0.29, 0.717) is 12.4 Å². The summed E-state index contributed by atoms with van der Waals surface area (Å²) in [6, 6.07) is 13.6. The Balaban J connectivity index is 1.49. The van der Waals surface area contributed by atoms with E-state index >= 15 is 0 Å². The molecule has 1 aliphatic heterocycles. The molecule has 1 saturated carbocycles. The number of carbonyl (C=O) groups is 2. The second kappa shape index (κ2) is 11.8. The van der Waals surface area contributed by atoms with Crippen molar-refractivity contribution in [1.29, 1.82) is 0 Å². The maximum atomic E-state index is 13.2. The average Bonchev–Trinajstić information content (AvgIpc) is 2.88. The van der Waals surface area contributed by atoms with Gasteiger partial charge < -0.3 is 14.4 Å². The number of likely N-dealkylation sites (tertiary alicyclic amines) is 1. The van der Waals surface area contributed by atoms with Crippen LogP contribution in [0.15, 0.2) is 48.7 Å². The molecule has 0 N–H and O–H groups in total. The van der Waals surface area contributed by atoms with Crippen LogP contribution in [0.25, 0.3) is 0 Å². The minimum absolute atomic E-state index is 0.0890. The van der Waals surface area contributed by atoms with Gasteiger partial charge in [0.1, 0.15) is 18.0 Å². The lowest BCUT2D eigenvalue weighted by atomic mass is 9.94. The zero-order valence-corrected chi connectivity index (χ0v) is 21.8. The summed E-state index contributed by atoms with van der Waals surface area (Å²) in [4.78, 5) is 34.4. The summed E-state index contributed by atoms with van der Waals surface area (Å²) >= 11 is 0. The first-order valence-electron chi connectivity index (χ1n) is 13.3. The van der Waals surface area contributed by atoms with Crippen molar-refractivity contribution >= 4 is 18.0 Å². The molecule has 7 heteroatoms. The monoisotopic (exact) mass is 493 g/mol. The molecule has 2 aromatic rings. The van der Waals surface area contributed by atoms with E-state index in [4.69, 9.17) is 14.5 Å². The minimum Gasteiger partial charge on any atom is -0.445 e. The highest BCUT2D eigenvalue weighted by Crippen LogP contribution is 2.33. The van der Waals surface area contributed by atoms with Crippen molar-refractivity contribution in [3.05, 3.63) is 59.8 Å². The maximum absolute atomic E-state index is 13.2. The molecule has 1 aliphatic carbocycles. The third-order valence-corrected chi connectivity index (χ3v) is 6.87. The minimum atomic E-state index is -0.577. The zero-order valence-electron chi connectivity index (χ0n) is 21.8. The molecule has 0 spiro atoms. The van der Waals surface area contributed by atoms with E-state index in [9.17, 15) is 9.59 Å². The van der Waals surface area contributed by atoms with Crippen molar-refractivity contribution in [3.63, 3.8) is 0 Å². The Hall–Kier alpha value is -3.09. The molecular formula is C29H39N3O4. The fourth-order valence-corrected chi connectivity index (χ4v) is 5.12. The molecule has 36 heavy (non-hydrogen) atoms. The van der Waals surface area contributed by atoms with E-state index in [-0.39, 0.29) is 30.9 Å². The van der Waals surface area contributed by atoms with Crippen molar-refractivity contribution in [2.75, 3.05) is 11.4 Å². The van der Waals surface area contributed by atoms with E-state index in [1.54, 1.807) is 4.90 Å². The van der Waals surface area contributed by atoms with Gasteiger partial charge in [-0.2, -0.15) is 0 Å². The first kappa shape index (κ1) is 26.0. The number of rotatable bonds is 5. The molecule has 7 nitrogen and oxygen atoms in total. The third kappa shape index (κ3) is 6.77. The lowest BCUT2D eigenvalue weighted by molar-refractivity contribution is 0.0556. The van der Waals surface area contributed by atoms with Crippen LogP contribution in [0.2, 0.25) is 0 Å². The average molecular weight is 494 g/mol. The van der Waals surface area contributed by atoms with Crippen molar-refractivity contribution in [3.8, 4) is 0 Å². The van der Waals surface area contributed by atoms with Gasteiger partial charge in [0.25, 0.3) is 0 Å². The Morgan fingerprint density at radius 2 is 1.69 bits per heavy atom. The molecule has 2 aliphatic rings.